The fraction of sp³-hybridized carbons (Fsp3) is 0.619. The molecule has 0 spiro atoms. The Hall–Kier alpha value is -1.95. The SMILES string of the molecule is CCOC(=O)C(F)=Cc1ccc(N[C@@H]2CCN(CC3CCCCC3)C2)nc1. The molecule has 1 atom stereocenters. The Balaban J connectivity index is 1.47. The van der Waals surface area contributed by atoms with Gasteiger partial charge in [0.1, 0.15) is 5.82 Å². The van der Waals surface area contributed by atoms with Crippen molar-refractivity contribution >= 4 is 17.9 Å². The Kier molecular flexibility index (Phi) is 7.21. The van der Waals surface area contributed by atoms with Crippen molar-refractivity contribution in [2.75, 3.05) is 31.6 Å². The van der Waals surface area contributed by atoms with Gasteiger partial charge in [-0.2, -0.15) is 4.39 Å². The van der Waals surface area contributed by atoms with Gasteiger partial charge in [0.2, 0.25) is 5.83 Å². The van der Waals surface area contributed by atoms with E-state index in [4.69, 9.17) is 0 Å². The number of nitrogens with one attached hydrogen (secondary N) is 1. The monoisotopic (exact) mass is 375 g/mol. The highest BCUT2D eigenvalue weighted by Crippen LogP contribution is 2.26. The molecule has 0 unspecified atom stereocenters. The van der Waals surface area contributed by atoms with Gasteiger partial charge in [0.05, 0.1) is 6.61 Å². The van der Waals surface area contributed by atoms with Crippen molar-refractivity contribution in [2.24, 2.45) is 5.92 Å². The molecule has 1 saturated heterocycles. The normalized spacial score (nSPS) is 22.0. The fourth-order valence-corrected chi connectivity index (χ4v) is 4.04. The summed E-state index contributed by atoms with van der Waals surface area (Å²) in [5.41, 5.74) is 0.538. The lowest BCUT2D eigenvalue weighted by atomic mass is 9.89. The number of pyridine rings is 1. The Morgan fingerprint density at radius 1 is 1.33 bits per heavy atom. The zero-order valence-electron chi connectivity index (χ0n) is 16.1. The second-order valence-corrected chi connectivity index (χ2v) is 7.58. The second kappa shape index (κ2) is 9.83. The van der Waals surface area contributed by atoms with E-state index in [0.29, 0.717) is 11.6 Å². The summed E-state index contributed by atoms with van der Waals surface area (Å²) < 4.78 is 18.3. The van der Waals surface area contributed by atoms with E-state index in [1.54, 1.807) is 19.2 Å². The standard InChI is InChI=1S/C21H30FN3O2/c1-2-27-21(26)19(22)12-17-8-9-20(23-13-17)24-18-10-11-25(15-18)14-16-6-4-3-5-7-16/h8-9,12-13,16,18H,2-7,10-11,14-15H2,1H3,(H,23,24)/t18-/m1/s1. The molecule has 1 aromatic heterocycles. The second-order valence-electron chi connectivity index (χ2n) is 7.58. The summed E-state index contributed by atoms with van der Waals surface area (Å²) in [5.74, 6) is -0.193. The third-order valence-corrected chi connectivity index (χ3v) is 5.42. The molecule has 1 aliphatic heterocycles. The lowest BCUT2D eigenvalue weighted by molar-refractivity contribution is -0.140. The first-order chi connectivity index (χ1) is 13.1. The number of ether oxygens (including phenoxy) is 1. The minimum Gasteiger partial charge on any atom is -0.461 e. The lowest BCUT2D eigenvalue weighted by Gasteiger charge is -2.26. The van der Waals surface area contributed by atoms with Crippen molar-refractivity contribution in [3.8, 4) is 0 Å². The number of esters is 1. The number of aromatic nitrogens is 1. The average molecular weight is 375 g/mol. The molecule has 6 heteroatoms. The number of halogens is 1. The highest BCUT2D eigenvalue weighted by atomic mass is 19.1. The maximum atomic E-state index is 13.7. The molecule has 0 radical (unpaired) electrons. The number of nitrogens with zero attached hydrogens (tertiary/aromatic N) is 2. The van der Waals surface area contributed by atoms with E-state index in [1.165, 1.54) is 38.6 Å². The van der Waals surface area contributed by atoms with E-state index in [0.717, 1.165) is 37.3 Å². The molecule has 2 aliphatic rings. The van der Waals surface area contributed by atoms with Crippen molar-refractivity contribution in [2.45, 2.75) is 51.5 Å². The number of carbonyl (C=O) groups is 1. The molecule has 5 nitrogen and oxygen atoms in total. The predicted molar refractivity (Wildman–Crippen MR) is 105 cm³/mol. The predicted octanol–water partition coefficient (Wildman–Crippen LogP) is 4.02. The van der Waals surface area contributed by atoms with E-state index in [9.17, 15) is 9.18 Å². The molecule has 3 rings (SSSR count). The Bertz CT molecular complexity index is 641. The van der Waals surface area contributed by atoms with Crippen LogP contribution in [0.15, 0.2) is 24.2 Å². The summed E-state index contributed by atoms with van der Waals surface area (Å²) >= 11 is 0. The van der Waals surface area contributed by atoms with Gasteiger partial charge in [0.15, 0.2) is 0 Å². The van der Waals surface area contributed by atoms with Crippen molar-refractivity contribution in [3.63, 3.8) is 0 Å². The lowest BCUT2D eigenvalue weighted by Crippen LogP contribution is -2.31. The number of hydrogen-bond acceptors (Lipinski definition) is 5. The minimum atomic E-state index is -0.941. The first kappa shape index (κ1) is 19.8. The molecular formula is C21H30FN3O2. The summed E-state index contributed by atoms with van der Waals surface area (Å²) in [6.45, 7) is 5.21. The smallest absolute Gasteiger partial charge is 0.367 e. The van der Waals surface area contributed by atoms with Crippen LogP contribution >= 0.6 is 0 Å². The van der Waals surface area contributed by atoms with Gasteiger partial charge in [-0.1, -0.05) is 19.3 Å². The molecule has 1 aromatic rings. The highest BCUT2D eigenvalue weighted by Gasteiger charge is 2.25. The molecule has 0 amide bonds. The third-order valence-electron chi connectivity index (χ3n) is 5.42. The highest BCUT2D eigenvalue weighted by molar-refractivity contribution is 5.91. The van der Waals surface area contributed by atoms with Gasteiger partial charge in [0, 0.05) is 31.9 Å². The van der Waals surface area contributed by atoms with Crippen LogP contribution in [0.2, 0.25) is 0 Å². The number of likely N-dealkylation sites (tertiary alicyclic amines) is 1. The summed E-state index contributed by atoms with van der Waals surface area (Å²) in [6, 6.07) is 3.98. The Labute approximate surface area is 161 Å². The average Bonchev–Trinajstić information content (AvgIpc) is 3.11. The van der Waals surface area contributed by atoms with Gasteiger partial charge in [-0.25, -0.2) is 9.78 Å². The molecule has 2 fully saturated rings. The quantitative estimate of drug-likeness (QED) is 0.576. The van der Waals surface area contributed by atoms with Crippen molar-refractivity contribution in [3.05, 3.63) is 29.7 Å². The van der Waals surface area contributed by atoms with E-state index in [-0.39, 0.29) is 6.61 Å². The first-order valence-electron chi connectivity index (χ1n) is 10.1. The molecule has 148 valence electrons. The molecule has 0 aromatic carbocycles. The number of anilines is 1. The molecule has 0 bridgehead atoms. The summed E-state index contributed by atoms with van der Waals surface area (Å²) in [4.78, 5) is 18.2. The maximum absolute atomic E-state index is 13.7. The zero-order valence-corrected chi connectivity index (χ0v) is 16.1. The van der Waals surface area contributed by atoms with E-state index in [1.807, 2.05) is 6.07 Å². The molecule has 27 heavy (non-hydrogen) atoms. The summed E-state index contributed by atoms with van der Waals surface area (Å²) in [7, 11) is 0. The van der Waals surface area contributed by atoms with E-state index in [2.05, 4.69) is 19.9 Å². The van der Waals surface area contributed by atoms with Gasteiger partial charge < -0.3 is 15.0 Å². The molecular weight excluding hydrogens is 345 g/mol. The summed E-state index contributed by atoms with van der Waals surface area (Å²) in [6.07, 6.45) is 10.8. The van der Waals surface area contributed by atoms with Crippen molar-refractivity contribution in [1.82, 2.24) is 9.88 Å². The van der Waals surface area contributed by atoms with Gasteiger partial charge in [-0.05, 0) is 55.9 Å². The Morgan fingerprint density at radius 3 is 2.85 bits per heavy atom. The number of hydrogen-bond donors (Lipinski definition) is 1. The van der Waals surface area contributed by atoms with Crippen LogP contribution in [-0.4, -0.2) is 48.1 Å². The topological polar surface area (TPSA) is 54.5 Å². The minimum absolute atomic E-state index is 0.153. The van der Waals surface area contributed by atoms with Crippen LogP contribution in [0.25, 0.3) is 6.08 Å². The molecule has 1 N–H and O–H groups in total. The zero-order chi connectivity index (χ0) is 19.1. The number of carbonyl (C=O) groups excluding carboxylic acids is 1. The van der Waals surface area contributed by atoms with Crippen molar-refractivity contribution in [1.29, 1.82) is 0 Å². The van der Waals surface area contributed by atoms with Crippen LogP contribution in [0, 0.1) is 5.92 Å². The van der Waals surface area contributed by atoms with Crippen LogP contribution < -0.4 is 5.32 Å². The van der Waals surface area contributed by atoms with Crippen LogP contribution in [-0.2, 0) is 9.53 Å². The molecule has 2 heterocycles. The first-order valence-corrected chi connectivity index (χ1v) is 10.1. The van der Waals surface area contributed by atoms with E-state index >= 15 is 0 Å². The fourth-order valence-electron chi connectivity index (χ4n) is 4.04. The maximum Gasteiger partial charge on any atom is 0.367 e. The summed E-state index contributed by atoms with van der Waals surface area (Å²) in [5, 5.41) is 3.47. The van der Waals surface area contributed by atoms with Crippen LogP contribution in [0.1, 0.15) is 51.0 Å². The van der Waals surface area contributed by atoms with Crippen LogP contribution in [0.3, 0.4) is 0 Å². The Morgan fingerprint density at radius 2 is 2.15 bits per heavy atom. The van der Waals surface area contributed by atoms with Crippen LogP contribution in [0.5, 0.6) is 0 Å². The van der Waals surface area contributed by atoms with E-state index < -0.39 is 11.8 Å². The van der Waals surface area contributed by atoms with Crippen molar-refractivity contribution < 1.29 is 13.9 Å². The molecule has 1 aliphatic carbocycles. The molecule has 1 saturated carbocycles. The van der Waals surface area contributed by atoms with Gasteiger partial charge in [0.25, 0.3) is 0 Å². The third kappa shape index (κ3) is 6.03. The largest absolute Gasteiger partial charge is 0.461 e. The van der Waals surface area contributed by atoms with Gasteiger partial charge >= 0.3 is 5.97 Å². The van der Waals surface area contributed by atoms with Crippen LogP contribution in [0.4, 0.5) is 10.2 Å². The number of rotatable bonds is 7. The van der Waals surface area contributed by atoms with Gasteiger partial charge in [-0.3, -0.25) is 0 Å². The van der Waals surface area contributed by atoms with Gasteiger partial charge in [-0.15, -0.1) is 0 Å².